The first kappa shape index (κ1) is 17.9. The van der Waals surface area contributed by atoms with E-state index in [-0.39, 0.29) is 11.7 Å². The topological polar surface area (TPSA) is 82.3 Å². The van der Waals surface area contributed by atoms with Crippen molar-refractivity contribution >= 4 is 32.5 Å². The largest absolute Gasteiger partial charge is 0.359 e. The van der Waals surface area contributed by atoms with Crippen LogP contribution in [0.3, 0.4) is 0 Å². The second-order valence-corrected chi connectivity index (χ2v) is 8.72. The van der Waals surface area contributed by atoms with Crippen LogP contribution in [0.5, 0.6) is 0 Å². The highest BCUT2D eigenvalue weighted by molar-refractivity contribution is 7.89. The average Bonchev–Trinajstić information content (AvgIpc) is 2.94. The summed E-state index contributed by atoms with van der Waals surface area (Å²) in [6.45, 7) is 4.25. The van der Waals surface area contributed by atoms with Crippen molar-refractivity contribution in [2.75, 3.05) is 17.6 Å². The fourth-order valence-electron chi connectivity index (χ4n) is 3.46. The Bertz CT molecular complexity index is 873. The Hall–Kier alpha value is -1.86. The molecule has 1 unspecified atom stereocenters. The number of sulfonamides is 1. The van der Waals surface area contributed by atoms with E-state index in [1.54, 1.807) is 0 Å². The molecule has 1 atom stereocenters. The van der Waals surface area contributed by atoms with Gasteiger partial charge in [0.05, 0.1) is 5.75 Å². The van der Waals surface area contributed by atoms with Crippen LogP contribution in [0.25, 0.3) is 10.9 Å². The molecule has 0 radical (unpaired) electrons. The van der Waals surface area contributed by atoms with Crippen LogP contribution in [-0.2, 0) is 14.8 Å². The van der Waals surface area contributed by atoms with Crippen molar-refractivity contribution in [1.82, 2.24) is 9.29 Å². The second kappa shape index (κ2) is 7.17. The van der Waals surface area contributed by atoms with Gasteiger partial charge in [-0.25, -0.2) is 8.42 Å². The summed E-state index contributed by atoms with van der Waals surface area (Å²) in [7, 11) is -3.38. The van der Waals surface area contributed by atoms with Gasteiger partial charge in [-0.1, -0.05) is 13.3 Å². The molecular weight excluding hydrogens is 338 g/mol. The van der Waals surface area contributed by atoms with Crippen LogP contribution in [0.1, 0.15) is 38.3 Å². The van der Waals surface area contributed by atoms with E-state index in [2.05, 4.69) is 10.3 Å². The molecular formula is C18H25N3O3S. The maximum atomic E-state index is 12.7. The number of carbonyl (C=O) groups excluding carboxylic acids is 1. The van der Waals surface area contributed by atoms with Crippen molar-refractivity contribution in [2.45, 2.75) is 45.6 Å². The fraction of sp³-hybridized carbons (Fsp3) is 0.500. The summed E-state index contributed by atoms with van der Waals surface area (Å²) >= 11 is 0. The van der Waals surface area contributed by atoms with E-state index in [1.165, 1.54) is 4.31 Å². The zero-order valence-corrected chi connectivity index (χ0v) is 15.5. The highest BCUT2D eigenvalue weighted by atomic mass is 32.2. The maximum absolute atomic E-state index is 12.7. The average molecular weight is 363 g/mol. The van der Waals surface area contributed by atoms with Gasteiger partial charge >= 0.3 is 0 Å². The second-order valence-electron chi connectivity index (χ2n) is 6.68. The van der Waals surface area contributed by atoms with Crippen LogP contribution >= 0.6 is 0 Å². The van der Waals surface area contributed by atoms with Crippen molar-refractivity contribution < 1.29 is 13.2 Å². The molecule has 1 aliphatic heterocycles. The van der Waals surface area contributed by atoms with Gasteiger partial charge in [-0.05, 0) is 50.5 Å². The molecule has 0 saturated carbocycles. The summed E-state index contributed by atoms with van der Waals surface area (Å²) < 4.78 is 26.3. The van der Waals surface area contributed by atoms with Gasteiger partial charge in [0, 0.05) is 28.8 Å². The molecule has 25 heavy (non-hydrogen) atoms. The number of nitrogens with one attached hydrogen (secondary N) is 2. The number of amides is 1. The Labute approximate surface area is 148 Å². The van der Waals surface area contributed by atoms with Gasteiger partial charge in [0.25, 0.3) is 0 Å². The molecule has 2 aromatic rings. The summed E-state index contributed by atoms with van der Waals surface area (Å²) in [5.74, 6) is -0.156. The minimum Gasteiger partial charge on any atom is -0.359 e. The number of aromatic nitrogens is 1. The van der Waals surface area contributed by atoms with Crippen molar-refractivity contribution in [2.24, 2.45) is 0 Å². The highest BCUT2D eigenvalue weighted by Gasteiger charge is 2.36. The number of rotatable bonds is 5. The Morgan fingerprint density at radius 2 is 2.12 bits per heavy atom. The minimum absolute atomic E-state index is 0.0887. The third-order valence-electron chi connectivity index (χ3n) is 4.60. The molecule has 7 heteroatoms. The molecule has 0 bridgehead atoms. The fourth-order valence-corrected chi connectivity index (χ4v) is 5.20. The molecule has 2 heterocycles. The van der Waals surface area contributed by atoms with E-state index >= 15 is 0 Å². The molecule has 2 N–H and O–H groups in total. The van der Waals surface area contributed by atoms with Crippen LogP contribution in [0, 0.1) is 6.92 Å². The number of anilines is 1. The van der Waals surface area contributed by atoms with Crippen molar-refractivity contribution in [1.29, 1.82) is 0 Å². The third kappa shape index (κ3) is 3.88. The number of hydrogen-bond donors (Lipinski definition) is 2. The zero-order valence-electron chi connectivity index (χ0n) is 14.7. The molecule has 0 aliphatic carbocycles. The van der Waals surface area contributed by atoms with Crippen molar-refractivity contribution in [3.05, 3.63) is 30.0 Å². The minimum atomic E-state index is -3.38. The molecule has 3 rings (SSSR count). The number of aromatic amines is 1. The quantitative estimate of drug-likeness (QED) is 0.857. The zero-order chi connectivity index (χ0) is 18.0. The van der Waals surface area contributed by atoms with Gasteiger partial charge in [0.1, 0.15) is 6.04 Å². The molecule has 1 aromatic heterocycles. The van der Waals surface area contributed by atoms with Crippen LogP contribution < -0.4 is 5.32 Å². The number of piperidine rings is 1. The number of H-pyrrole nitrogens is 1. The Morgan fingerprint density at radius 1 is 1.32 bits per heavy atom. The summed E-state index contributed by atoms with van der Waals surface area (Å²) in [6, 6.07) is 7.07. The summed E-state index contributed by atoms with van der Waals surface area (Å²) in [6.07, 6.45) is 2.80. The van der Waals surface area contributed by atoms with Gasteiger partial charge in [-0.15, -0.1) is 0 Å². The SMILES string of the molecule is CCCS(=O)(=O)N1CCCCC1C(=O)Nc1ccc2[nH]c(C)cc2c1. The van der Waals surface area contributed by atoms with Gasteiger partial charge in [-0.3, -0.25) is 4.79 Å². The first-order chi connectivity index (χ1) is 11.9. The molecule has 1 saturated heterocycles. The lowest BCUT2D eigenvalue weighted by Crippen LogP contribution is -2.50. The molecule has 6 nitrogen and oxygen atoms in total. The van der Waals surface area contributed by atoms with E-state index < -0.39 is 16.1 Å². The first-order valence-electron chi connectivity index (χ1n) is 8.80. The summed E-state index contributed by atoms with van der Waals surface area (Å²) in [5, 5.41) is 3.92. The molecule has 0 spiro atoms. The number of carbonyl (C=O) groups is 1. The maximum Gasteiger partial charge on any atom is 0.242 e. The molecule has 136 valence electrons. The lowest BCUT2D eigenvalue weighted by molar-refractivity contribution is -0.120. The molecule has 1 fully saturated rings. The van der Waals surface area contributed by atoms with E-state index in [0.29, 0.717) is 25.1 Å². The lowest BCUT2D eigenvalue weighted by Gasteiger charge is -2.33. The Morgan fingerprint density at radius 3 is 2.88 bits per heavy atom. The predicted molar refractivity (Wildman–Crippen MR) is 100 cm³/mol. The highest BCUT2D eigenvalue weighted by Crippen LogP contribution is 2.24. The van der Waals surface area contributed by atoms with Gasteiger partial charge in [-0.2, -0.15) is 4.31 Å². The van der Waals surface area contributed by atoms with Gasteiger partial charge in [0.2, 0.25) is 15.9 Å². The lowest BCUT2D eigenvalue weighted by atomic mass is 10.0. The van der Waals surface area contributed by atoms with Crippen molar-refractivity contribution in [3.63, 3.8) is 0 Å². The van der Waals surface area contributed by atoms with Crippen LogP contribution in [0.2, 0.25) is 0 Å². The van der Waals surface area contributed by atoms with Crippen LogP contribution in [0.4, 0.5) is 5.69 Å². The van der Waals surface area contributed by atoms with Crippen LogP contribution in [-0.4, -0.2) is 42.0 Å². The normalized spacial score (nSPS) is 19.2. The van der Waals surface area contributed by atoms with E-state index in [9.17, 15) is 13.2 Å². The predicted octanol–water partition coefficient (Wildman–Crippen LogP) is 3.01. The van der Waals surface area contributed by atoms with E-state index in [4.69, 9.17) is 0 Å². The van der Waals surface area contributed by atoms with Crippen LogP contribution in [0.15, 0.2) is 24.3 Å². The van der Waals surface area contributed by atoms with E-state index in [1.807, 2.05) is 38.1 Å². The molecule has 1 aliphatic rings. The number of benzene rings is 1. The molecule has 1 aromatic carbocycles. The van der Waals surface area contributed by atoms with Gasteiger partial charge in [0.15, 0.2) is 0 Å². The first-order valence-corrected chi connectivity index (χ1v) is 10.4. The van der Waals surface area contributed by atoms with E-state index in [0.717, 1.165) is 29.4 Å². The number of nitrogens with zero attached hydrogens (tertiary/aromatic N) is 1. The number of aryl methyl sites for hydroxylation is 1. The Balaban J connectivity index is 1.79. The third-order valence-corrected chi connectivity index (χ3v) is 6.67. The number of fused-ring (bicyclic) bond motifs is 1. The standard InChI is InChI=1S/C18H25N3O3S/c1-3-10-25(23,24)21-9-5-4-6-17(21)18(22)20-15-7-8-16-14(12-15)11-13(2)19-16/h7-8,11-12,17,19H,3-6,9-10H2,1-2H3,(H,20,22). The Kier molecular flexibility index (Phi) is 5.15. The monoisotopic (exact) mass is 363 g/mol. The van der Waals surface area contributed by atoms with Crippen molar-refractivity contribution in [3.8, 4) is 0 Å². The number of hydrogen-bond acceptors (Lipinski definition) is 3. The molecule has 1 amide bonds. The summed E-state index contributed by atoms with van der Waals surface area (Å²) in [4.78, 5) is 16.0. The smallest absolute Gasteiger partial charge is 0.242 e. The summed E-state index contributed by atoms with van der Waals surface area (Å²) in [5.41, 5.74) is 2.76. The van der Waals surface area contributed by atoms with Gasteiger partial charge < -0.3 is 10.3 Å².